The summed E-state index contributed by atoms with van der Waals surface area (Å²) in [7, 11) is 0. The van der Waals surface area contributed by atoms with Crippen LogP contribution in [0.4, 0.5) is 0 Å². The maximum Gasteiger partial charge on any atom is 0.109 e. The van der Waals surface area contributed by atoms with Crippen LogP contribution < -0.4 is 0 Å². The van der Waals surface area contributed by atoms with Gasteiger partial charge >= 0.3 is 0 Å². The second kappa shape index (κ2) is 16.3. The van der Waals surface area contributed by atoms with Gasteiger partial charge in [0.1, 0.15) is 3.72 Å². The summed E-state index contributed by atoms with van der Waals surface area (Å²) in [6.07, 6.45) is 1.86. The highest BCUT2D eigenvalue weighted by atomic mass is 127. The molecule has 298 valence electrons. The van der Waals surface area contributed by atoms with Crippen LogP contribution in [0.15, 0.2) is 236 Å². The van der Waals surface area contributed by atoms with E-state index >= 15 is 0 Å². The van der Waals surface area contributed by atoms with Crippen molar-refractivity contribution in [2.75, 3.05) is 0 Å². The molecule has 0 saturated heterocycles. The Morgan fingerprint density at radius 1 is 0.381 bits per heavy atom. The van der Waals surface area contributed by atoms with Crippen molar-refractivity contribution in [1.29, 1.82) is 5.41 Å². The van der Waals surface area contributed by atoms with E-state index in [1.807, 2.05) is 66.7 Å². The summed E-state index contributed by atoms with van der Waals surface area (Å²) in [5.74, 6) is 0. The Hall–Kier alpha value is -7.61. The molecule has 1 N–H and O–H groups in total. The Morgan fingerprint density at radius 3 is 1.59 bits per heavy atom. The summed E-state index contributed by atoms with van der Waals surface area (Å²) in [4.78, 5) is 5.13. The number of allylic oxidation sites excluding steroid dienone is 1. The summed E-state index contributed by atoms with van der Waals surface area (Å²) in [6.45, 7) is 0. The van der Waals surface area contributed by atoms with Crippen molar-refractivity contribution in [2.45, 2.75) is 0 Å². The summed E-state index contributed by atoms with van der Waals surface area (Å²) < 4.78 is 5.61. The molecule has 5 heteroatoms. The molecule has 2 heterocycles. The maximum atomic E-state index is 8.85. The van der Waals surface area contributed by atoms with E-state index in [2.05, 4.69) is 196 Å². The number of nitrogens with zero attached hydrogens (tertiary/aromatic N) is 3. The first kappa shape index (κ1) is 38.3. The van der Waals surface area contributed by atoms with Gasteiger partial charge in [-0.2, -0.15) is 0 Å². The van der Waals surface area contributed by atoms with Crippen molar-refractivity contribution in [2.24, 2.45) is 4.99 Å². The predicted octanol–water partition coefficient (Wildman–Crippen LogP) is 15.5. The Balaban J connectivity index is 0.939. The van der Waals surface area contributed by atoms with Gasteiger partial charge in [-0.3, -0.25) is 0 Å². The van der Waals surface area contributed by atoms with E-state index in [9.17, 15) is 0 Å². The van der Waals surface area contributed by atoms with Crippen LogP contribution in [0.25, 0.3) is 82.9 Å². The van der Waals surface area contributed by atoms with E-state index in [4.69, 9.17) is 10.4 Å². The largest absolute Gasteiger partial charge is 0.309 e. The molecule has 4 nitrogen and oxygen atoms in total. The number of nitrogens with one attached hydrogen (secondary N) is 1. The monoisotopic (exact) mass is 918 g/mol. The molecule has 63 heavy (non-hydrogen) atoms. The van der Waals surface area contributed by atoms with Crippen LogP contribution in [0.3, 0.4) is 0 Å². The molecule has 0 aliphatic carbocycles. The Kier molecular flexibility index (Phi) is 9.94. The molecular weight excluding hydrogens is 880 g/mol. The molecule has 0 bridgehead atoms. The number of aliphatic imine (C=N–C) groups is 1. The zero-order valence-electron chi connectivity index (χ0n) is 34.2. The van der Waals surface area contributed by atoms with Crippen LogP contribution in [0, 0.1) is 5.41 Å². The average molecular weight is 919 g/mol. The molecule has 0 spiro atoms. The van der Waals surface area contributed by atoms with Crippen molar-refractivity contribution in [1.82, 2.24) is 9.13 Å². The van der Waals surface area contributed by atoms with Crippen molar-refractivity contribution in [3.8, 4) is 33.6 Å². The number of rotatable bonds is 9. The predicted molar refractivity (Wildman–Crippen MR) is 274 cm³/mol. The van der Waals surface area contributed by atoms with Gasteiger partial charge in [-0.1, -0.05) is 164 Å². The van der Waals surface area contributed by atoms with E-state index in [1.165, 1.54) is 49.2 Å². The lowest BCUT2D eigenvalue weighted by Crippen LogP contribution is -1.98. The lowest BCUT2D eigenvalue weighted by molar-refractivity contribution is 1.18. The van der Waals surface area contributed by atoms with E-state index in [0.717, 1.165) is 54.1 Å². The van der Waals surface area contributed by atoms with Crippen LogP contribution in [0.1, 0.15) is 16.7 Å². The minimum Gasteiger partial charge on any atom is -0.309 e. The number of hydrogen-bond donors (Lipinski definition) is 1. The van der Waals surface area contributed by atoms with Gasteiger partial charge in [-0.25, -0.2) is 4.99 Å². The molecule has 2 aromatic heterocycles. The number of halogens is 1. The van der Waals surface area contributed by atoms with Gasteiger partial charge in [0.2, 0.25) is 0 Å². The van der Waals surface area contributed by atoms with E-state index in [0.29, 0.717) is 5.71 Å². The molecule has 9 aromatic carbocycles. The van der Waals surface area contributed by atoms with Gasteiger partial charge in [0, 0.05) is 44.0 Å². The smallest absolute Gasteiger partial charge is 0.109 e. The minimum atomic E-state index is 0.417. The highest BCUT2D eigenvalue weighted by Crippen LogP contribution is 2.38. The molecule has 0 radical (unpaired) electrons. The molecule has 0 unspecified atom stereocenters. The van der Waals surface area contributed by atoms with Gasteiger partial charge in [0.25, 0.3) is 0 Å². The number of hydrogen-bond acceptors (Lipinski definition) is 2. The lowest BCUT2D eigenvalue weighted by Gasteiger charge is -2.11. The topological polar surface area (TPSA) is 46.1 Å². The van der Waals surface area contributed by atoms with Gasteiger partial charge in [-0.15, -0.1) is 0 Å². The Labute approximate surface area is 379 Å². The van der Waals surface area contributed by atoms with E-state index in [1.54, 1.807) is 0 Å². The van der Waals surface area contributed by atoms with Crippen LogP contribution in [-0.4, -0.2) is 18.6 Å². The van der Waals surface area contributed by atoms with Crippen LogP contribution in [0.2, 0.25) is 0 Å². The van der Waals surface area contributed by atoms with Gasteiger partial charge in [0.05, 0.1) is 33.5 Å². The number of fused-ring (bicyclic) bond motifs is 6. The van der Waals surface area contributed by atoms with Crippen molar-refractivity contribution in [3.05, 3.63) is 247 Å². The van der Waals surface area contributed by atoms with Gasteiger partial charge in [-0.05, 0) is 117 Å². The summed E-state index contributed by atoms with van der Waals surface area (Å²) in [6, 6.07) is 79.1. The number of benzene rings is 9. The van der Waals surface area contributed by atoms with Crippen molar-refractivity contribution in [3.63, 3.8) is 0 Å². The van der Waals surface area contributed by atoms with Gasteiger partial charge < -0.3 is 14.5 Å². The molecular formula is C58H39IN4. The highest BCUT2D eigenvalue weighted by molar-refractivity contribution is 14.1. The fraction of sp³-hybridized carbons (Fsp3) is 0. The quantitative estimate of drug-likeness (QED) is 0.111. The van der Waals surface area contributed by atoms with Crippen molar-refractivity contribution >= 4 is 81.3 Å². The number of para-hydroxylation sites is 3. The highest BCUT2D eigenvalue weighted by Gasteiger charge is 2.16. The zero-order valence-corrected chi connectivity index (χ0v) is 36.3. The van der Waals surface area contributed by atoms with E-state index < -0.39 is 0 Å². The molecule has 11 aromatic rings. The molecule has 0 amide bonds. The van der Waals surface area contributed by atoms with Crippen LogP contribution in [0.5, 0.6) is 0 Å². The third kappa shape index (κ3) is 7.16. The van der Waals surface area contributed by atoms with Crippen LogP contribution in [-0.2, 0) is 0 Å². The Bertz CT molecular complexity index is 3560. The molecule has 0 aliphatic rings. The third-order valence-electron chi connectivity index (χ3n) is 11.9. The first-order valence-corrected chi connectivity index (χ1v) is 22.1. The van der Waals surface area contributed by atoms with E-state index in [-0.39, 0.29) is 0 Å². The van der Waals surface area contributed by atoms with Gasteiger partial charge in [0.15, 0.2) is 0 Å². The van der Waals surface area contributed by atoms with Crippen molar-refractivity contribution < 1.29 is 0 Å². The summed E-state index contributed by atoms with van der Waals surface area (Å²) >= 11 is 2.33. The third-order valence-corrected chi connectivity index (χ3v) is 12.8. The van der Waals surface area contributed by atoms with Crippen LogP contribution >= 0.6 is 22.6 Å². The maximum absolute atomic E-state index is 8.85. The second-order valence-corrected chi connectivity index (χ2v) is 16.7. The number of aromatic nitrogens is 2. The zero-order chi connectivity index (χ0) is 42.3. The molecule has 0 fully saturated rings. The standard InChI is InChI=1S/C58H39IN4/c59-58(61-53(41-17-6-2-7-18-41)38-52(60)40-15-4-1-5-16-40)45-20-14-19-42(35-45)43-30-34-56-51(36-43)49-24-11-13-26-55(49)62(56)47-31-27-39(28-32-47)44-29-33-50-48-23-10-12-25-54(48)63(57(50)37-44)46-21-8-3-9-22-46/h1-38,60H/b53-38-,60-52?,61-58-. The molecule has 0 atom stereocenters. The SMILES string of the molecule is N=C(/C=C(\N=C(/I)c1cccc(-c2ccc3c(c2)c2ccccc2n3-c2ccc(-c3ccc4c5ccccc5n(-c5ccccc5)c4c3)cc2)c1)c1ccccc1)c1ccccc1. The summed E-state index contributed by atoms with van der Waals surface area (Å²) in [5.41, 5.74) is 15.6. The minimum absolute atomic E-state index is 0.417. The lowest BCUT2D eigenvalue weighted by atomic mass is 10.0. The second-order valence-electron chi connectivity index (χ2n) is 15.7. The molecule has 0 aliphatic heterocycles. The normalized spacial score (nSPS) is 12.1. The molecule has 11 rings (SSSR count). The average Bonchev–Trinajstić information content (AvgIpc) is 3.87. The first-order chi connectivity index (χ1) is 31.1. The fourth-order valence-electron chi connectivity index (χ4n) is 8.86. The molecule has 0 saturated carbocycles. The first-order valence-electron chi connectivity index (χ1n) is 21.1. The summed E-state index contributed by atoms with van der Waals surface area (Å²) in [5, 5.41) is 13.8. The Morgan fingerprint density at radius 2 is 0.873 bits per heavy atom. The fourth-order valence-corrected chi connectivity index (χ4v) is 9.46.